The van der Waals surface area contributed by atoms with Gasteiger partial charge in [0.05, 0.1) is 20.5 Å². The highest BCUT2D eigenvalue weighted by Gasteiger charge is 2.15. The molecule has 0 fully saturated rings. The number of sulfonamides is 1. The van der Waals surface area contributed by atoms with E-state index in [1.165, 1.54) is 36.4 Å². The second-order valence-corrected chi connectivity index (χ2v) is 7.23. The molecule has 0 bridgehead atoms. The standard InChI is InChI=1S/C16H12ClN5O5S/c17-14-6-3-12(22(24)25)7-15(14)21-16(23)10(8-18)9-20-11-1-4-13(5-2-11)28(19,26)27/h1-7,9,20H,(H,21,23)(H2,19,26,27)/b10-9-. The van der Waals surface area contributed by atoms with Crippen molar-refractivity contribution in [1.82, 2.24) is 0 Å². The molecule has 0 saturated carbocycles. The first kappa shape index (κ1) is 20.8. The van der Waals surface area contributed by atoms with Crippen LogP contribution in [0.1, 0.15) is 0 Å². The van der Waals surface area contributed by atoms with Crippen molar-refractivity contribution >= 4 is 44.6 Å². The van der Waals surface area contributed by atoms with Crippen LogP contribution in [0.5, 0.6) is 0 Å². The number of nitrogens with one attached hydrogen (secondary N) is 2. The highest BCUT2D eigenvalue weighted by molar-refractivity contribution is 7.89. The second kappa shape index (κ2) is 8.49. The molecule has 2 aromatic rings. The molecule has 144 valence electrons. The third-order valence-corrected chi connectivity index (χ3v) is 4.60. The van der Waals surface area contributed by atoms with Crippen LogP contribution >= 0.6 is 11.6 Å². The normalized spacial score (nSPS) is 11.4. The van der Waals surface area contributed by atoms with E-state index in [0.29, 0.717) is 5.69 Å². The molecule has 0 aliphatic carbocycles. The Hall–Kier alpha value is -3.46. The summed E-state index contributed by atoms with van der Waals surface area (Å²) in [5.74, 6) is -0.849. The quantitative estimate of drug-likeness (QED) is 0.278. The van der Waals surface area contributed by atoms with Gasteiger partial charge in [-0.1, -0.05) is 11.6 Å². The predicted octanol–water partition coefficient (Wildman–Crippen LogP) is 2.35. The van der Waals surface area contributed by atoms with Gasteiger partial charge in [0, 0.05) is 24.0 Å². The molecule has 0 saturated heterocycles. The molecular weight excluding hydrogens is 410 g/mol. The first-order chi connectivity index (χ1) is 13.1. The number of hydrogen-bond acceptors (Lipinski definition) is 7. The fourth-order valence-electron chi connectivity index (χ4n) is 1.96. The van der Waals surface area contributed by atoms with Gasteiger partial charge in [0.25, 0.3) is 11.6 Å². The van der Waals surface area contributed by atoms with Crippen LogP contribution in [-0.2, 0) is 14.8 Å². The molecule has 0 atom stereocenters. The van der Waals surface area contributed by atoms with E-state index in [-0.39, 0.29) is 26.9 Å². The van der Waals surface area contributed by atoms with E-state index in [1.807, 2.05) is 0 Å². The second-order valence-electron chi connectivity index (χ2n) is 5.26. The van der Waals surface area contributed by atoms with Crippen molar-refractivity contribution < 1.29 is 18.1 Å². The molecule has 0 aliphatic rings. The molecular formula is C16H12ClN5O5S. The zero-order valence-corrected chi connectivity index (χ0v) is 15.5. The molecule has 0 unspecified atom stereocenters. The van der Waals surface area contributed by atoms with Gasteiger partial charge in [-0.05, 0) is 30.3 Å². The Balaban J connectivity index is 2.16. The first-order valence-corrected chi connectivity index (χ1v) is 9.29. The molecule has 0 aromatic heterocycles. The Labute approximate surface area is 164 Å². The number of primary sulfonamides is 1. The van der Waals surface area contributed by atoms with Gasteiger partial charge >= 0.3 is 0 Å². The Morgan fingerprint density at radius 2 is 1.89 bits per heavy atom. The third kappa shape index (κ3) is 5.27. The number of carbonyl (C=O) groups is 1. The monoisotopic (exact) mass is 421 g/mol. The molecule has 0 aliphatic heterocycles. The SMILES string of the molecule is N#C/C(=C/Nc1ccc(S(N)(=O)=O)cc1)C(=O)Nc1cc([N+](=O)[O-])ccc1Cl. The maximum Gasteiger partial charge on any atom is 0.271 e. The molecule has 0 radical (unpaired) electrons. The summed E-state index contributed by atoms with van der Waals surface area (Å²) < 4.78 is 22.4. The number of hydrogen-bond donors (Lipinski definition) is 3. The van der Waals surface area contributed by atoms with E-state index in [1.54, 1.807) is 6.07 Å². The highest BCUT2D eigenvalue weighted by Crippen LogP contribution is 2.27. The number of non-ortho nitro benzene ring substituents is 1. The Morgan fingerprint density at radius 3 is 2.43 bits per heavy atom. The van der Waals surface area contributed by atoms with Gasteiger partial charge in [0.15, 0.2) is 0 Å². The zero-order chi connectivity index (χ0) is 20.9. The summed E-state index contributed by atoms with van der Waals surface area (Å²) in [6.45, 7) is 0. The van der Waals surface area contributed by atoms with Gasteiger partial charge in [0.1, 0.15) is 11.6 Å². The molecule has 0 spiro atoms. The predicted molar refractivity (Wildman–Crippen MR) is 102 cm³/mol. The highest BCUT2D eigenvalue weighted by atomic mass is 35.5. The molecule has 2 rings (SSSR count). The van der Waals surface area contributed by atoms with Crippen LogP contribution in [0.25, 0.3) is 0 Å². The average molecular weight is 422 g/mol. The van der Waals surface area contributed by atoms with Gasteiger partial charge in [-0.3, -0.25) is 14.9 Å². The summed E-state index contributed by atoms with van der Waals surface area (Å²) in [4.78, 5) is 22.3. The molecule has 1 amide bonds. The van der Waals surface area contributed by atoms with Crippen molar-refractivity contribution in [3.05, 3.63) is 69.4 Å². The molecule has 2 aromatic carbocycles. The molecule has 28 heavy (non-hydrogen) atoms. The first-order valence-electron chi connectivity index (χ1n) is 7.37. The van der Waals surface area contributed by atoms with Crippen LogP contribution in [-0.4, -0.2) is 19.2 Å². The molecule has 10 nitrogen and oxygen atoms in total. The van der Waals surface area contributed by atoms with E-state index < -0.39 is 20.9 Å². The third-order valence-electron chi connectivity index (χ3n) is 3.34. The number of carbonyl (C=O) groups excluding carboxylic acids is 1. The van der Waals surface area contributed by atoms with Crippen molar-refractivity contribution in [1.29, 1.82) is 5.26 Å². The minimum absolute atomic E-state index is 0.0282. The summed E-state index contributed by atoms with van der Waals surface area (Å²) in [5, 5.41) is 30.0. The number of nitrogens with two attached hydrogens (primary N) is 1. The van der Waals surface area contributed by atoms with Gasteiger partial charge in [-0.25, -0.2) is 13.6 Å². The van der Waals surface area contributed by atoms with Crippen LogP contribution in [0.4, 0.5) is 17.1 Å². The van der Waals surface area contributed by atoms with Crippen LogP contribution in [0.2, 0.25) is 5.02 Å². The van der Waals surface area contributed by atoms with Gasteiger partial charge in [-0.15, -0.1) is 0 Å². The van der Waals surface area contributed by atoms with Crippen LogP contribution in [0.3, 0.4) is 0 Å². The number of amides is 1. The largest absolute Gasteiger partial charge is 0.360 e. The van der Waals surface area contributed by atoms with E-state index in [2.05, 4.69) is 10.6 Å². The van der Waals surface area contributed by atoms with E-state index in [0.717, 1.165) is 12.3 Å². The number of rotatable bonds is 6. The lowest BCUT2D eigenvalue weighted by atomic mass is 10.2. The molecule has 4 N–H and O–H groups in total. The smallest absolute Gasteiger partial charge is 0.271 e. The topological polar surface area (TPSA) is 168 Å². The minimum atomic E-state index is -3.84. The number of nitro groups is 1. The Kier molecular flexibility index (Phi) is 6.32. The Morgan fingerprint density at radius 1 is 1.25 bits per heavy atom. The fourth-order valence-corrected chi connectivity index (χ4v) is 2.64. The van der Waals surface area contributed by atoms with E-state index in [4.69, 9.17) is 22.0 Å². The number of nitriles is 1. The van der Waals surface area contributed by atoms with Crippen LogP contribution in [0.15, 0.2) is 59.1 Å². The lowest BCUT2D eigenvalue weighted by molar-refractivity contribution is -0.384. The summed E-state index contributed by atoms with van der Waals surface area (Å²) in [6.07, 6.45) is 1.09. The summed E-state index contributed by atoms with van der Waals surface area (Å²) in [7, 11) is -3.84. The van der Waals surface area contributed by atoms with Crippen molar-refractivity contribution in [3.8, 4) is 6.07 Å². The van der Waals surface area contributed by atoms with Crippen LogP contribution in [0, 0.1) is 21.4 Å². The minimum Gasteiger partial charge on any atom is -0.360 e. The van der Waals surface area contributed by atoms with Crippen molar-refractivity contribution in [2.75, 3.05) is 10.6 Å². The average Bonchev–Trinajstić information content (AvgIpc) is 2.63. The zero-order valence-electron chi connectivity index (χ0n) is 13.9. The number of nitro benzene ring substituents is 1. The number of nitrogens with zero attached hydrogens (tertiary/aromatic N) is 2. The summed E-state index contributed by atoms with van der Waals surface area (Å²) >= 11 is 5.90. The van der Waals surface area contributed by atoms with E-state index in [9.17, 15) is 23.3 Å². The summed E-state index contributed by atoms with van der Waals surface area (Å²) in [6, 6.07) is 10.4. The lowest BCUT2D eigenvalue weighted by Crippen LogP contribution is -2.15. The van der Waals surface area contributed by atoms with E-state index >= 15 is 0 Å². The fraction of sp³-hybridized carbons (Fsp3) is 0. The maximum absolute atomic E-state index is 12.2. The molecule has 0 heterocycles. The van der Waals surface area contributed by atoms with Gasteiger partial charge in [0.2, 0.25) is 10.0 Å². The molecule has 12 heteroatoms. The number of benzene rings is 2. The lowest BCUT2D eigenvalue weighted by Gasteiger charge is -2.07. The Bertz CT molecular complexity index is 1110. The van der Waals surface area contributed by atoms with Crippen molar-refractivity contribution in [2.45, 2.75) is 4.90 Å². The maximum atomic E-state index is 12.2. The number of anilines is 2. The van der Waals surface area contributed by atoms with Gasteiger partial charge in [-0.2, -0.15) is 5.26 Å². The van der Waals surface area contributed by atoms with Crippen LogP contribution < -0.4 is 15.8 Å². The summed E-state index contributed by atoms with van der Waals surface area (Å²) in [5.41, 5.74) is -0.269. The van der Waals surface area contributed by atoms with Crippen molar-refractivity contribution in [2.24, 2.45) is 5.14 Å². The van der Waals surface area contributed by atoms with Gasteiger partial charge < -0.3 is 10.6 Å². The van der Waals surface area contributed by atoms with Crippen molar-refractivity contribution in [3.63, 3.8) is 0 Å². The number of halogens is 1.